The van der Waals surface area contributed by atoms with E-state index in [0.717, 1.165) is 49.7 Å². The molecule has 1 fully saturated rings. The predicted octanol–water partition coefficient (Wildman–Crippen LogP) is 1.32. The van der Waals surface area contributed by atoms with Gasteiger partial charge in [0.1, 0.15) is 12.3 Å². The zero-order valence-corrected chi connectivity index (χ0v) is 15.6. The highest BCUT2D eigenvalue weighted by molar-refractivity contribution is 5.58. The maximum Gasteiger partial charge on any atom is 0.200 e. The Kier molecular flexibility index (Phi) is 5.73. The summed E-state index contributed by atoms with van der Waals surface area (Å²) in [5.41, 5.74) is 2.25. The summed E-state index contributed by atoms with van der Waals surface area (Å²) in [7, 11) is 4.82. The second-order valence-corrected chi connectivity index (χ2v) is 6.43. The molecule has 0 spiro atoms. The lowest BCUT2D eigenvalue weighted by atomic mass is 10.1. The number of hydrogen-bond donors (Lipinski definition) is 2. The summed E-state index contributed by atoms with van der Waals surface area (Å²) in [6, 6.07) is 11.9. The van der Waals surface area contributed by atoms with E-state index < -0.39 is 0 Å². The number of nitrogens with zero attached hydrogens (tertiary/aromatic N) is 1. The minimum absolute atomic E-state index is 0.0507. The summed E-state index contributed by atoms with van der Waals surface area (Å²) in [5.74, 6) is 1.87. The number of anilines is 1. The van der Waals surface area contributed by atoms with Crippen LogP contribution >= 0.6 is 0 Å². The SMILES string of the molecule is COc1ccccc1N1CC[NH+](Cc2cc(OC)c(O)c(OC)c2)CC1. The fourth-order valence-corrected chi connectivity index (χ4v) is 3.47. The zero-order valence-electron chi connectivity index (χ0n) is 15.6. The summed E-state index contributed by atoms with van der Waals surface area (Å²) in [4.78, 5) is 3.87. The van der Waals surface area contributed by atoms with Gasteiger partial charge in [-0.15, -0.1) is 0 Å². The van der Waals surface area contributed by atoms with Crippen LogP contribution in [-0.4, -0.2) is 52.6 Å². The molecule has 0 aromatic heterocycles. The highest BCUT2D eigenvalue weighted by Crippen LogP contribution is 2.36. The molecule has 1 aliphatic heterocycles. The number of rotatable bonds is 6. The molecule has 0 saturated carbocycles. The summed E-state index contributed by atoms with van der Waals surface area (Å²) < 4.78 is 16.0. The quantitative estimate of drug-likeness (QED) is 0.815. The zero-order chi connectivity index (χ0) is 18.5. The molecule has 1 aliphatic rings. The molecule has 2 aromatic rings. The Morgan fingerprint density at radius 1 is 0.923 bits per heavy atom. The van der Waals surface area contributed by atoms with Crippen molar-refractivity contribution in [2.45, 2.75) is 6.54 Å². The largest absolute Gasteiger partial charge is 0.502 e. The van der Waals surface area contributed by atoms with Gasteiger partial charge in [0, 0.05) is 5.56 Å². The van der Waals surface area contributed by atoms with Crippen LogP contribution in [0.15, 0.2) is 36.4 Å². The van der Waals surface area contributed by atoms with E-state index in [-0.39, 0.29) is 5.75 Å². The van der Waals surface area contributed by atoms with Crippen molar-refractivity contribution in [1.82, 2.24) is 0 Å². The molecule has 0 radical (unpaired) electrons. The van der Waals surface area contributed by atoms with Gasteiger partial charge in [-0.3, -0.25) is 0 Å². The summed E-state index contributed by atoms with van der Waals surface area (Å²) in [6.45, 7) is 4.88. The van der Waals surface area contributed by atoms with Crippen LogP contribution in [0.1, 0.15) is 5.56 Å². The lowest BCUT2D eigenvalue weighted by Gasteiger charge is -2.34. The molecule has 26 heavy (non-hydrogen) atoms. The number of hydrogen-bond acceptors (Lipinski definition) is 5. The molecule has 1 saturated heterocycles. The number of phenols is 1. The molecule has 6 nitrogen and oxygen atoms in total. The van der Waals surface area contributed by atoms with E-state index in [0.29, 0.717) is 11.5 Å². The molecule has 1 heterocycles. The maximum atomic E-state index is 10.1. The van der Waals surface area contributed by atoms with Crippen molar-refractivity contribution >= 4 is 5.69 Å². The Bertz CT molecular complexity index is 717. The third-order valence-electron chi connectivity index (χ3n) is 4.89. The molecule has 0 aliphatic carbocycles. The lowest BCUT2D eigenvalue weighted by Crippen LogP contribution is -3.13. The average Bonchev–Trinajstić information content (AvgIpc) is 2.69. The van der Waals surface area contributed by atoms with E-state index in [1.807, 2.05) is 30.3 Å². The van der Waals surface area contributed by atoms with Crippen LogP contribution in [0.25, 0.3) is 0 Å². The van der Waals surface area contributed by atoms with Gasteiger partial charge in [-0.1, -0.05) is 12.1 Å². The van der Waals surface area contributed by atoms with E-state index in [9.17, 15) is 5.11 Å². The van der Waals surface area contributed by atoms with Crippen LogP contribution < -0.4 is 24.0 Å². The number of ether oxygens (including phenoxy) is 3. The Labute approximate surface area is 154 Å². The summed E-state index contributed by atoms with van der Waals surface area (Å²) in [5, 5.41) is 10.1. The number of methoxy groups -OCH3 is 3. The number of phenolic OH excluding ortho intramolecular Hbond substituents is 1. The van der Waals surface area contributed by atoms with E-state index in [1.54, 1.807) is 21.3 Å². The van der Waals surface area contributed by atoms with Crippen molar-refractivity contribution < 1.29 is 24.2 Å². The van der Waals surface area contributed by atoms with E-state index in [4.69, 9.17) is 14.2 Å². The molecule has 0 bridgehead atoms. The molecule has 2 N–H and O–H groups in total. The van der Waals surface area contributed by atoms with E-state index in [2.05, 4.69) is 11.0 Å². The van der Waals surface area contributed by atoms with Crippen LogP contribution in [0.5, 0.6) is 23.0 Å². The lowest BCUT2D eigenvalue weighted by molar-refractivity contribution is -0.914. The van der Waals surface area contributed by atoms with Crippen molar-refractivity contribution in [3.8, 4) is 23.0 Å². The fourth-order valence-electron chi connectivity index (χ4n) is 3.47. The van der Waals surface area contributed by atoms with Gasteiger partial charge < -0.3 is 29.1 Å². The third-order valence-corrected chi connectivity index (χ3v) is 4.89. The highest BCUT2D eigenvalue weighted by Gasteiger charge is 2.23. The monoisotopic (exact) mass is 359 g/mol. The minimum Gasteiger partial charge on any atom is -0.502 e. The third kappa shape index (κ3) is 3.80. The van der Waals surface area contributed by atoms with Crippen LogP contribution in [-0.2, 0) is 6.54 Å². The van der Waals surface area contributed by atoms with Gasteiger partial charge in [0.2, 0.25) is 5.75 Å². The van der Waals surface area contributed by atoms with Gasteiger partial charge in [0.15, 0.2) is 11.5 Å². The molecule has 6 heteroatoms. The van der Waals surface area contributed by atoms with E-state index in [1.165, 1.54) is 4.90 Å². The molecule has 0 unspecified atom stereocenters. The molecule has 0 atom stereocenters. The van der Waals surface area contributed by atoms with Gasteiger partial charge in [0.25, 0.3) is 0 Å². The Balaban J connectivity index is 1.66. The van der Waals surface area contributed by atoms with Crippen LogP contribution in [0, 0.1) is 0 Å². The normalized spacial score (nSPS) is 15.0. The second-order valence-electron chi connectivity index (χ2n) is 6.43. The van der Waals surface area contributed by atoms with Crippen molar-refractivity contribution in [2.24, 2.45) is 0 Å². The van der Waals surface area contributed by atoms with Crippen molar-refractivity contribution in [3.63, 3.8) is 0 Å². The molecular weight excluding hydrogens is 332 g/mol. The smallest absolute Gasteiger partial charge is 0.200 e. The first-order chi connectivity index (χ1) is 12.7. The number of aromatic hydroxyl groups is 1. The molecule has 2 aromatic carbocycles. The number of quaternary nitrogens is 1. The molecule has 3 rings (SSSR count). The first-order valence-electron chi connectivity index (χ1n) is 8.81. The van der Waals surface area contributed by atoms with Gasteiger partial charge in [-0.25, -0.2) is 0 Å². The van der Waals surface area contributed by atoms with Gasteiger partial charge in [0.05, 0.1) is 53.2 Å². The van der Waals surface area contributed by atoms with Gasteiger partial charge >= 0.3 is 0 Å². The van der Waals surface area contributed by atoms with Crippen LogP contribution in [0.3, 0.4) is 0 Å². The standard InChI is InChI=1S/C20H26N2O4/c1-24-17-7-5-4-6-16(17)22-10-8-21(9-11-22)14-15-12-18(25-2)20(23)19(13-15)26-3/h4-7,12-13,23H,8-11,14H2,1-3H3/p+1. The molecule has 140 valence electrons. The van der Waals surface area contributed by atoms with Crippen molar-refractivity contribution in [2.75, 3.05) is 52.4 Å². The minimum atomic E-state index is 0.0507. The van der Waals surface area contributed by atoms with E-state index >= 15 is 0 Å². The number of para-hydroxylation sites is 2. The first-order valence-corrected chi connectivity index (χ1v) is 8.81. The number of benzene rings is 2. The number of piperazine rings is 1. The fraction of sp³-hybridized carbons (Fsp3) is 0.400. The topological polar surface area (TPSA) is 55.6 Å². The Morgan fingerprint density at radius 2 is 1.50 bits per heavy atom. The molecular formula is C20H27N2O4+. The maximum absolute atomic E-state index is 10.1. The van der Waals surface area contributed by atoms with Crippen molar-refractivity contribution in [3.05, 3.63) is 42.0 Å². The highest BCUT2D eigenvalue weighted by atomic mass is 16.5. The van der Waals surface area contributed by atoms with Crippen LogP contribution in [0.4, 0.5) is 5.69 Å². The Hall–Kier alpha value is -2.60. The van der Waals surface area contributed by atoms with Gasteiger partial charge in [-0.05, 0) is 24.3 Å². The molecule has 0 amide bonds. The predicted molar refractivity (Wildman–Crippen MR) is 101 cm³/mol. The number of nitrogens with one attached hydrogen (secondary N) is 1. The first kappa shape index (κ1) is 18.2. The van der Waals surface area contributed by atoms with Crippen molar-refractivity contribution in [1.29, 1.82) is 0 Å². The summed E-state index contributed by atoms with van der Waals surface area (Å²) >= 11 is 0. The average molecular weight is 359 g/mol. The van der Waals surface area contributed by atoms with Crippen LogP contribution in [0.2, 0.25) is 0 Å². The van der Waals surface area contributed by atoms with Gasteiger partial charge in [-0.2, -0.15) is 0 Å². The second kappa shape index (κ2) is 8.19. The Morgan fingerprint density at radius 3 is 2.08 bits per heavy atom. The summed E-state index contributed by atoms with van der Waals surface area (Å²) in [6.07, 6.45) is 0.